The number of nitrogens with two attached hydrogens (primary N) is 1. The Morgan fingerprint density at radius 1 is 1.48 bits per heavy atom. The molecular weight excluding hydrogens is 312 g/mol. The summed E-state index contributed by atoms with van der Waals surface area (Å²) < 4.78 is 1.61. The zero-order valence-corrected chi connectivity index (χ0v) is 14.6. The molecule has 2 atom stereocenters. The number of rotatable bonds is 3. The molecule has 23 heavy (non-hydrogen) atoms. The molecule has 0 saturated carbocycles. The molecule has 0 aliphatic carbocycles. The highest BCUT2D eigenvalue weighted by Crippen LogP contribution is 2.20. The van der Waals surface area contributed by atoms with Gasteiger partial charge in [0.05, 0.1) is 5.69 Å². The molecule has 3 heterocycles. The molecule has 2 unspecified atom stereocenters. The summed E-state index contributed by atoms with van der Waals surface area (Å²) in [6.45, 7) is 6.84. The molecule has 0 amide bonds. The number of hydrogen-bond acceptors (Lipinski definition) is 4. The fourth-order valence-corrected chi connectivity index (χ4v) is 3.28. The third-order valence-electron chi connectivity index (χ3n) is 4.61. The van der Waals surface area contributed by atoms with Crippen LogP contribution in [0.2, 0.25) is 0 Å². The van der Waals surface area contributed by atoms with Crippen LogP contribution in [0.5, 0.6) is 0 Å². The Hall–Kier alpha value is -1.43. The highest BCUT2D eigenvalue weighted by atomic mass is 35.5. The first-order valence-corrected chi connectivity index (χ1v) is 8.00. The number of halogens is 1. The molecule has 1 aliphatic heterocycles. The first-order valence-electron chi connectivity index (χ1n) is 8.00. The van der Waals surface area contributed by atoms with Crippen molar-refractivity contribution in [3.05, 3.63) is 46.0 Å². The Bertz CT molecular complexity index is 728. The average molecular weight is 337 g/mol. The van der Waals surface area contributed by atoms with Gasteiger partial charge in [0, 0.05) is 31.4 Å². The minimum absolute atomic E-state index is 0. The summed E-state index contributed by atoms with van der Waals surface area (Å²) in [5.41, 5.74) is 8.66. The maximum absolute atomic E-state index is 12.3. The predicted molar refractivity (Wildman–Crippen MR) is 95.1 cm³/mol. The van der Waals surface area contributed by atoms with Gasteiger partial charge in [0.2, 0.25) is 0 Å². The van der Waals surface area contributed by atoms with Gasteiger partial charge in [-0.1, -0.05) is 6.07 Å². The third kappa shape index (κ3) is 3.91. The van der Waals surface area contributed by atoms with E-state index in [-0.39, 0.29) is 24.0 Å². The molecular formula is C17H25ClN4O. The minimum atomic E-state index is -0.00977. The summed E-state index contributed by atoms with van der Waals surface area (Å²) >= 11 is 0. The van der Waals surface area contributed by atoms with Crippen molar-refractivity contribution in [3.8, 4) is 0 Å². The second-order valence-corrected chi connectivity index (χ2v) is 6.47. The van der Waals surface area contributed by atoms with E-state index < -0.39 is 0 Å². The Balaban J connectivity index is 0.00000192. The van der Waals surface area contributed by atoms with Gasteiger partial charge in [-0.25, -0.2) is 4.98 Å². The molecule has 5 nitrogen and oxygen atoms in total. The van der Waals surface area contributed by atoms with Crippen molar-refractivity contribution in [2.45, 2.75) is 39.3 Å². The van der Waals surface area contributed by atoms with Crippen LogP contribution in [0.25, 0.3) is 5.65 Å². The van der Waals surface area contributed by atoms with E-state index in [2.05, 4.69) is 16.8 Å². The second kappa shape index (κ2) is 7.43. The standard InChI is InChI=1S/C17H24N4O.ClH/c1-12-5-3-8-21-16(22)9-15(19-17(12)21)11-20-7-4-6-14(10-20)13(2)18;/h3,5,8-9,13-14H,4,6-7,10-11,18H2,1-2H3;1H. The fourth-order valence-electron chi connectivity index (χ4n) is 3.28. The lowest BCUT2D eigenvalue weighted by Gasteiger charge is -2.34. The first-order chi connectivity index (χ1) is 10.5. The van der Waals surface area contributed by atoms with Crippen molar-refractivity contribution < 1.29 is 0 Å². The number of aromatic nitrogens is 2. The van der Waals surface area contributed by atoms with Crippen molar-refractivity contribution in [1.29, 1.82) is 0 Å². The van der Waals surface area contributed by atoms with Crippen molar-refractivity contribution in [2.24, 2.45) is 11.7 Å². The summed E-state index contributed by atoms with van der Waals surface area (Å²) in [5, 5.41) is 0. The smallest absolute Gasteiger partial charge is 0.258 e. The molecule has 2 aromatic rings. The van der Waals surface area contributed by atoms with Crippen molar-refractivity contribution in [3.63, 3.8) is 0 Å². The molecule has 3 rings (SSSR count). The monoisotopic (exact) mass is 336 g/mol. The Labute approximate surface area is 142 Å². The van der Waals surface area contributed by atoms with E-state index in [1.54, 1.807) is 16.7 Å². The summed E-state index contributed by atoms with van der Waals surface area (Å²) in [7, 11) is 0. The molecule has 1 fully saturated rings. The van der Waals surface area contributed by atoms with Gasteiger partial charge >= 0.3 is 0 Å². The zero-order valence-electron chi connectivity index (χ0n) is 13.7. The molecule has 0 aromatic carbocycles. The number of pyridine rings is 1. The van der Waals surface area contributed by atoms with Gasteiger partial charge in [-0.2, -0.15) is 0 Å². The topological polar surface area (TPSA) is 63.6 Å². The van der Waals surface area contributed by atoms with Crippen LogP contribution in [0.4, 0.5) is 0 Å². The van der Waals surface area contributed by atoms with E-state index in [4.69, 9.17) is 5.73 Å². The number of aryl methyl sites for hydroxylation is 1. The minimum Gasteiger partial charge on any atom is -0.328 e. The Morgan fingerprint density at radius 2 is 2.26 bits per heavy atom. The van der Waals surface area contributed by atoms with Gasteiger partial charge in [0.1, 0.15) is 5.65 Å². The van der Waals surface area contributed by atoms with Gasteiger partial charge in [-0.3, -0.25) is 14.1 Å². The van der Waals surface area contributed by atoms with E-state index in [1.165, 1.54) is 6.42 Å². The van der Waals surface area contributed by atoms with E-state index >= 15 is 0 Å². The van der Waals surface area contributed by atoms with Gasteiger partial charge < -0.3 is 5.73 Å². The molecule has 0 bridgehead atoms. The largest absolute Gasteiger partial charge is 0.328 e. The molecule has 2 N–H and O–H groups in total. The van der Waals surface area contributed by atoms with Gasteiger partial charge in [0.25, 0.3) is 5.56 Å². The fraction of sp³-hybridized carbons (Fsp3) is 0.529. The zero-order chi connectivity index (χ0) is 15.7. The van der Waals surface area contributed by atoms with E-state index in [9.17, 15) is 4.79 Å². The Morgan fingerprint density at radius 3 is 3.00 bits per heavy atom. The van der Waals surface area contributed by atoms with Gasteiger partial charge in [0.15, 0.2) is 0 Å². The number of piperidine rings is 1. The van der Waals surface area contributed by atoms with E-state index in [1.807, 2.05) is 19.1 Å². The van der Waals surface area contributed by atoms with Crippen molar-refractivity contribution in [2.75, 3.05) is 13.1 Å². The lowest BCUT2D eigenvalue weighted by molar-refractivity contribution is 0.153. The predicted octanol–water partition coefficient (Wildman–Crippen LogP) is 1.98. The molecule has 126 valence electrons. The SMILES string of the molecule is Cc1cccn2c(=O)cc(CN3CCCC(C(C)N)C3)nc12.Cl. The van der Waals surface area contributed by atoms with Crippen LogP contribution in [-0.4, -0.2) is 33.4 Å². The molecule has 1 saturated heterocycles. The van der Waals surface area contributed by atoms with E-state index in [0.717, 1.165) is 43.0 Å². The third-order valence-corrected chi connectivity index (χ3v) is 4.61. The summed E-state index contributed by atoms with van der Waals surface area (Å²) in [6, 6.07) is 5.74. The highest BCUT2D eigenvalue weighted by molar-refractivity contribution is 5.85. The quantitative estimate of drug-likeness (QED) is 0.931. The maximum atomic E-state index is 12.3. The Kier molecular flexibility index (Phi) is 5.79. The summed E-state index contributed by atoms with van der Waals surface area (Å²) in [4.78, 5) is 19.3. The summed E-state index contributed by atoms with van der Waals surface area (Å²) in [5.74, 6) is 0.539. The van der Waals surface area contributed by atoms with Crippen LogP contribution in [0, 0.1) is 12.8 Å². The maximum Gasteiger partial charge on any atom is 0.258 e. The molecule has 1 aliphatic rings. The van der Waals surface area contributed by atoms with Crippen molar-refractivity contribution in [1.82, 2.24) is 14.3 Å². The van der Waals surface area contributed by atoms with Crippen molar-refractivity contribution >= 4 is 18.1 Å². The average Bonchev–Trinajstić information content (AvgIpc) is 2.49. The normalized spacial score (nSPS) is 20.2. The van der Waals surface area contributed by atoms with Crippen LogP contribution >= 0.6 is 12.4 Å². The lowest BCUT2D eigenvalue weighted by atomic mass is 9.92. The number of likely N-dealkylation sites (tertiary alicyclic amines) is 1. The molecule has 6 heteroatoms. The lowest BCUT2D eigenvalue weighted by Crippen LogP contribution is -2.42. The number of nitrogens with zero attached hydrogens (tertiary/aromatic N) is 3. The summed E-state index contributed by atoms with van der Waals surface area (Å²) in [6.07, 6.45) is 4.13. The molecule has 0 spiro atoms. The van der Waals surface area contributed by atoms with E-state index in [0.29, 0.717) is 5.92 Å². The van der Waals surface area contributed by atoms with Crippen LogP contribution in [-0.2, 0) is 6.54 Å². The van der Waals surface area contributed by atoms with Crippen LogP contribution in [0.1, 0.15) is 31.0 Å². The second-order valence-electron chi connectivity index (χ2n) is 6.47. The first kappa shape index (κ1) is 17.9. The van der Waals surface area contributed by atoms with Crippen LogP contribution in [0.3, 0.4) is 0 Å². The number of hydrogen-bond donors (Lipinski definition) is 1. The molecule has 0 radical (unpaired) electrons. The van der Waals surface area contributed by atoms with Gasteiger partial charge in [-0.15, -0.1) is 12.4 Å². The van der Waals surface area contributed by atoms with Crippen LogP contribution < -0.4 is 11.3 Å². The van der Waals surface area contributed by atoms with Gasteiger partial charge in [-0.05, 0) is 50.8 Å². The molecule has 2 aromatic heterocycles. The highest BCUT2D eigenvalue weighted by Gasteiger charge is 2.23. The number of fused-ring (bicyclic) bond motifs is 1. The van der Waals surface area contributed by atoms with Crippen LogP contribution in [0.15, 0.2) is 29.2 Å².